The van der Waals surface area contributed by atoms with E-state index in [-0.39, 0.29) is 16.0 Å². The number of thiocarbonyl (C=S) groups is 1. The van der Waals surface area contributed by atoms with E-state index < -0.39 is 15.9 Å². The minimum atomic E-state index is -3.87. The molecule has 0 aliphatic rings. The SMILES string of the molecule is Cc1cc(C)nc(NS(=O)(=O)c2ccc(NC(=S)NC(=O)/C=C/c3ccc(Cl)cc3)cc2)n1. The lowest BCUT2D eigenvalue weighted by Crippen LogP contribution is -2.32. The van der Waals surface area contributed by atoms with E-state index in [0.29, 0.717) is 22.1 Å². The molecule has 0 saturated heterocycles. The summed E-state index contributed by atoms with van der Waals surface area (Å²) < 4.78 is 27.6. The summed E-state index contributed by atoms with van der Waals surface area (Å²) in [5.41, 5.74) is 2.62. The maximum Gasteiger partial charge on any atom is 0.264 e. The first-order chi connectivity index (χ1) is 15.6. The van der Waals surface area contributed by atoms with Gasteiger partial charge in [-0.1, -0.05) is 23.7 Å². The molecule has 0 aliphatic carbocycles. The Bertz CT molecular complexity index is 1290. The van der Waals surface area contributed by atoms with Gasteiger partial charge in [0.05, 0.1) is 4.90 Å². The summed E-state index contributed by atoms with van der Waals surface area (Å²) in [6.45, 7) is 3.50. The number of anilines is 2. The molecule has 0 atom stereocenters. The molecule has 11 heteroatoms. The standard InChI is InChI=1S/C22H20ClN5O3S2/c1-14-13-15(2)25-21(24-14)28-33(30,31)19-10-8-18(9-11-19)26-22(32)27-20(29)12-5-16-3-6-17(23)7-4-16/h3-13H,1-2H3,(H,24,25,28)(H2,26,27,29,32)/b12-5+. The van der Waals surface area contributed by atoms with Crippen molar-refractivity contribution in [3.63, 3.8) is 0 Å². The predicted octanol–water partition coefficient (Wildman–Crippen LogP) is 4.07. The van der Waals surface area contributed by atoms with Gasteiger partial charge in [-0.15, -0.1) is 0 Å². The lowest BCUT2D eigenvalue weighted by atomic mass is 10.2. The number of sulfonamides is 1. The maximum atomic E-state index is 12.6. The monoisotopic (exact) mass is 501 g/mol. The summed E-state index contributed by atoms with van der Waals surface area (Å²) in [5.74, 6) is -0.412. The zero-order valence-corrected chi connectivity index (χ0v) is 20.1. The highest BCUT2D eigenvalue weighted by atomic mass is 35.5. The van der Waals surface area contributed by atoms with Gasteiger partial charge in [0.15, 0.2) is 5.11 Å². The summed E-state index contributed by atoms with van der Waals surface area (Å²) in [6, 6.07) is 14.6. The van der Waals surface area contributed by atoms with Crippen LogP contribution in [0, 0.1) is 13.8 Å². The molecule has 0 fully saturated rings. The third kappa shape index (κ3) is 7.35. The van der Waals surface area contributed by atoms with E-state index in [2.05, 4.69) is 25.3 Å². The molecule has 0 unspecified atom stereocenters. The topological polar surface area (TPSA) is 113 Å². The summed E-state index contributed by atoms with van der Waals surface area (Å²) in [5, 5.41) is 6.02. The molecule has 1 amide bonds. The van der Waals surface area contributed by atoms with Crippen LogP contribution in [-0.4, -0.2) is 29.4 Å². The van der Waals surface area contributed by atoms with Gasteiger partial charge in [0.25, 0.3) is 10.0 Å². The van der Waals surface area contributed by atoms with Crippen molar-refractivity contribution in [3.8, 4) is 0 Å². The van der Waals surface area contributed by atoms with Gasteiger partial charge in [0, 0.05) is 28.2 Å². The Morgan fingerprint density at radius 1 is 1.00 bits per heavy atom. The number of carbonyl (C=O) groups excluding carboxylic acids is 1. The molecule has 1 aromatic heterocycles. The molecule has 3 aromatic rings. The van der Waals surface area contributed by atoms with Crippen molar-refractivity contribution in [3.05, 3.63) is 82.6 Å². The number of rotatable bonds is 6. The summed E-state index contributed by atoms with van der Waals surface area (Å²) in [7, 11) is -3.87. The molecule has 0 saturated carbocycles. The number of nitrogens with one attached hydrogen (secondary N) is 3. The first-order valence-corrected chi connectivity index (χ1v) is 11.9. The van der Waals surface area contributed by atoms with Crippen LogP contribution >= 0.6 is 23.8 Å². The van der Waals surface area contributed by atoms with Crippen LogP contribution in [0.1, 0.15) is 17.0 Å². The predicted molar refractivity (Wildman–Crippen MR) is 134 cm³/mol. The summed E-state index contributed by atoms with van der Waals surface area (Å²) >= 11 is 11.0. The number of hydrogen-bond donors (Lipinski definition) is 3. The third-order valence-corrected chi connectivity index (χ3v) is 5.96. The van der Waals surface area contributed by atoms with E-state index in [9.17, 15) is 13.2 Å². The van der Waals surface area contributed by atoms with E-state index in [4.69, 9.17) is 23.8 Å². The minimum Gasteiger partial charge on any atom is -0.332 e. The van der Waals surface area contributed by atoms with Crippen molar-refractivity contribution in [1.82, 2.24) is 15.3 Å². The molecule has 0 radical (unpaired) electrons. The Morgan fingerprint density at radius 3 is 2.21 bits per heavy atom. The van der Waals surface area contributed by atoms with Gasteiger partial charge in [-0.25, -0.2) is 23.1 Å². The Morgan fingerprint density at radius 2 is 1.61 bits per heavy atom. The lowest BCUT2D eigenvalue weighted by Gasteiger charge is -2.10. The highest BCUT2D eigenvalue weighted by Crippen LogP contribution is 2.17. The molecule has 3 N–H and O–H groups in total. The quantitative estimate of drug-likeness (QED) is 0.344. The van der Waals surface area contributed by atoms with Crippen molar-refractivity contribution < 1.29 is 13.2 Å². The zero-order valence-electron chi connectivity index (χ0n) is 17.7. The number of hydrogen-bond acceptors (Lipinski definition) is 6. The van der Waals surface area contributed by atoms with Crippen molar-refractivity contribution in [2.45, 2.75) is 18.7 Å². The average molecular weight is 502 g/mol. The van der Waals surface area contributed by atoms with E-state index in [1.54, 1.807) is 50.3 Å². The number of aryl methyl sites for hydroxylation is 2. The fraction of sp³-hybridized carbons (Fsp3) is 0.0909. The fourth-order valence-electron chi connectivity index (χ4n) is 2.73. The van der Waals surface area contributed by atoms with Gasteiger partial charge in [-0.3, -0.25) is 10.1 Å². The second-order valence-corrected chi connectivity index (χ2v) is 9.46. The highest BCUT2D eigenvalue weighted by molar-refractivity contribution is 7.92. The number of nitrogens with zero attached hydrogens (tertiary/aromatic N) is 2. The zero-order chi connectivity index (χ0) is 24.0. The van der Waals surface area contributed by atoms with Crippen LogP contribution in [0.3, 0.4) is 0 Å². The number of aromatic nitrogens is 2. The Hall–Kier alpha value is -3.34. The highest BCUT2D eigenvalue weighted by Gasteiger charge is 2.16. The Kier molecular flexibility index (Phi) is 7.75. The van der Waals surface area contributed by atoms with Gasteiger partial charge >= 0.3 is 0 Å². The molecule has 0 aliphatic heterocycles. The van der Waals surface area contributed by atoms with Gasteiger partial charge in [0.1, 0.15) is 0 Å². The van der Waals surface area contributed by atoms with Gasteiger partial charge in [-0.2, -0.15) is 0 Å². The minimum absolute atomic E-state index is 0.00486. The lowest BCUT2D eigenvalue weighted by molar-refractivity contribution is -0.115. The molecule has 8 nitrogen and oxygen atoms in total. The van der Waals surface area contributed by atoms with Crippen LogP contribution in [0.4, 0.5) is 11.6 Å². The van der Waals surface area contributed by atoms with Crippen molar-refractivity contribution in [2.24, 2.45) is 0 Å². The van der Waals surface area contributed by atoms with Gasteiger partial charge in [-0.05, 0) is 80.2 Å². The van der Waals surface area contributed by atoms with Crippen LogP contribution < -0.4 is 15.4 Å². The second-order valence-electron chi connectivity index (χ2n) is 6.93. The maximum absolute atomic E-state index is 12.6. The van der Waals surface area contributed by atoms with Crippen LogP contribution in [0.5, 0.6) is 0 Å². The molecule has 0 bridgehead atoms. The van der Waals surface area contributed by atoms with Crippen LogP contribution in [-0.2, 0) is 14.8 Å². The first-order valence-electron chi connectivity index (χ1n) is 9.61. The van der Waals surface area contributed by atoms with Crippen molar-refractivity contribution in [1.29, 1.82) is 0 Å². The molecule has 3 rings (SSSR count). The normalized spacial score (nSPS) is 11.2. The van der Waals surface area contributed by atoms with E-state index in [0.717, 1.165) is 5.56 Å². The Balaban J connectivity index is 1.58. The molecule has 1 heterocycles. The van der Waals surface area contributed by atoms with Crippen molar-refractivity contribution in [2.75, 3.05) is 10.0 Å². The molecular formula is C22H20ClN5O3S2. The Labute approximate surface area is 202 Å². The van der Waals surface area contributed by atoms with Gasteiger partial charge in [0.2, 0.25) is 11.9 Å². The van der Waals surface area contributed by atoms with Crippen molar-refractivity contribution >= 4 is 62.6 Å². The molecule has 0 spiro atoms. The molecule has 2 aromatic carbocycles. The van der Waals surface area contributed by atoms with Crippen LogP contribution in [0.25, 0.3) is 6.08 Å². The first kappa shape index (κ1) is 24.3. The molecule has 33 heavy (non-hydrogen) atoms. The van der Waals surface area contributed by atoms with E-state index in [1.807, 2.05) is 0 Å². The van der Waals surface area contributed by atoms with Crippen LogP contribution in [0.2, 0.25) is 5.02 Å². The van der Waals surface area contributed by atoms with Gasteiger partial charge < -0.3 is 5.32 Å². The number of amides is 1. The molecule has 170 valence electrons. The second kappa shape index (κ2) is 10.5. The number of benzene rings is 2. The largest absolute Gasteiger partial charge is 0.332 e. The summed E-state index contributed by atoms with van der Waals surface area (Å²) in [6.07, 6.45) is 2.97. The fourth-order valence-corrected chi connectivity index (χ4v) is 4.02. The average Bonchev–Trinajstić information content (AvgIpc) is 2.72. The summed E-state index contributed by atoms with van der Waals surface area (Å²) in [4.78, 5) is 20.2. The van der Waals surface area contributed by atoms with E-state index in [1.165, 1.54) is 30.3 Å². The third-order valence-electron chi connectivity index (χ3n) is 4.16. The van der Waals surface area contributed by atoms with E-state index >= 15 is 0 Å². The number of halogens is 1. The van der Waals surface area contributed by atoms with Crippen LogP contribution in [0.15, 0.2) is 65.6 Å². The smallest absolute Gasteiger partial charge is 0.264 e. The molecular weight excluding hydrogens is 482 g/mol. The number of carbonyl (C=O) groups is 1.